The smallest absolute Gasteiger partial charge is 0.133 e. The Hall–Kier alpha value is -1.31. The standard InChI is InChI=1S/C15H22O2/c1-10(2)14-6-11(3)7-15(9-14)17-13(5)8-12(4)16/h6-7,9-10,13H,8H2,1-5H3. The zero-order chi connectivity index (χ0) is 13.0. The third kappa shape index (κ3) is 4.59. The van der Waals surface area contributed by atoms with Crippen LogP contribution in [0.4, 0.5) is 0 Å². The van der Waals surface area contributed by atoms with E-state index in [1.165, 1.54) is 11.1 Å². The lowest BCUT2D eigenvalue weighted by Gasteiger charge is -2.16. The summed E-state index contributed by atoms with van der Waals surface area (Å²) in [6.07, 6.45) is 0.402. The fourth-order valence-electron chi connectivity index (χ4n) is 1.86. The zero-order valence-electron chi connectivity index (χ0n) is 11.4. The average Bonchev–Trinajstić information content (AvgIpc) is 2.14. The molecule has 1 aromatic carbocycles. The lowest BCUT2D eigenvalue weighted by Crippen LogP contribution is -2.15. The number of carbonyl (C=O) groups is 1. The Bertz CT molecular complexity index is 394. The van der Waals surface area contributed by atoms with Crippen LogP contribution in [0.1, 0.15) is 51.2 Å². The molecule has 1 aromatic rings. The zero-order valence-corrected chi connectivity index (χ0v) is 11.4. The molecule has 0 N–H and O–H groups in total. The predicted octanol–water partition coefficient (Wildman–Crippen LogP) is 3.86. The summed E-state index contributed by atoms with van der Waals surface area (Å²) in [7, 11) is 0. The van der Waals surface area contributed by atoms with E-state index < -0.39 is 0 Å². The molecule has 0 aliphatic rings. The van der Waals surface area contributed by atoms with Gasteiger partial charge in [0.15, 0.2) is 0 Å². The summed E-state index contributed by atoms with van der Waals surface area (Å²) >= 11 is 0. The van der Waals surface area contributed by atoms with Gasteiger partial charge < -0.3 is 4.74 Å². The summed E-state index contributed by atoms with van der Waals surface area (Å²) in [5.41, 5.74) is 2.47. The summed E-state index contributed by atoms with van der Waals surface area (Å²) in [6.45, 7) is 9.91. The molecule has 0 aliphatic carbocycles. The van der Waals surface area contributed by atoms with E-state index >= 15 is 0 Å². The number of ketones is 1. The van der Waals surface area contributed by atoms with Crippen LogP contribution < -0.4 is 4.74 Å². The topological polar surface area (TPSA) is 26.3 Å². The maximum atomic E-state index is 11.0. The number of hydrogen-bond acceptors (Lipinski definition) is 2. The number of ether oxygens (including phenoxy) is 1. The van der Waals surface area contributed by atoms with Crippen molar-refractivity contribution >= 4 is 5.78 Å². The number of aryl methyl sites for hydroxylation is 1. The highest BCUT2D eigenvalue weighted by Gasteiger charge is 2.09. The van der Waals surface area contributed by atoms with Crippen molar-refractivity contribution in [3.05, 3.63) is 29.3 Å². The molecule has 0 heterocycles. The molecule has 1 atom stereocenters. The molecule has 1 rings (SSSR count). The second-order valence-corrected chi connectivity index (χ2v) is 5.07. The first-order chi connectivity index (χ1) is 7.88. The van der Waals surface area contributed by atoms with E-state index in [9.17, 15) is 4.79 Å². The Morgan fingerprint density at radius 3 is 2.41 bits per heavy atom. The number of hydrogen-bond donors (Lipinski definition) is 0. The molecule has 0 aliphatic heterocycles. The van der Waals surface area contributed by atoms with Gasteiger partial charge in [-0.25, -0.2) is 0 Å². The second-order valence-electron chi connectivity index (χ2n) is 5.07. The maximum Gasteiger partial charge on any atom is 0.133 e. The predicted molar refractivity (Wildman–Crippen MR) is 70.7 cm³/mol. The molecule has 0 spiro atoms. The fourth-order valence-corrected chi connectivity index (χ4v) is 1.86. The molecule has 0 saturated carbocycles. The molecule has 0 radical (unpaired) electrons. The van der Waals surface area contributed by atoms with Gasteiger partial charge in [-0.2, -0.15) is 0 Å². The van der Waals surface area contributed by atoms with E-state index in [2.05, 4.69) is 32.9 Å². The van der Waals surface area contributed by atoms with Crippen molar-refractivity contribution in [2.75, 3.05) is 0 Å². The van der Waals surface area contributed by atoms with E-state index in [1.54, 1.807) is 6.92 Å². The van der Waals surface area contributed by atoms with Crippen LogP contribution in [0.25, 0.3) is 0 Å². The molecule has 0 saturated heterocycles. The molecular formula is C15H22O2. The first-order valence-corrected chi connectivity index (χ1v) is 6.16. The van der Waals surface area contributed by atoms with E-state index in [0.29, 0.717) is 12.3 Å². The van der Waals surface area contributed by atoms with E-state index in [1.807, 2.05) is 13.0 Å². The first kappa shape index (κ1) is 13.8. The van der Waals surface area contributed by atoms with E-state index in [4.69, 9.17) is 4.74 Å². The van der Waals surface area contributed by atoms with E-state index in [-0.39, 0.29) is 11.9 Å². The minimum Gasteiger partial charge on any atom is -0.490 e. The molecular weight excluding hydrogens is 212 g/mol. The van der Waals surface area contributed by atoms with Crippen LogP contribution >= 0.6 is 0 Å². The van der Waals surface area contributed by atoms with Gasteiger partial charge in [0.2, 0.25) is 0 Å². The van der Waals surface area contributed by atoms with Gasteiger partial charge in [0.25, 0.3) is 0 Å². The van der Waals surface area contributed by atoms with Crippen LogP contribution in [0.5, 0.6) is 5.75 Å². The number of rotatable bonds is 5. The van der Waals surface area contributed by atoms with Crippen LogP contribution in [0.2, 0.25) is 0 Å². The quantitative estimate of drug-likeness (QED) is 0.773. The van der Waals surface area contributed by atoms with Crippen LogP contribution in [0.3, 0.4) is 0 Å². The van der Waals surface area contributed by atoms with Gasteiger partial charge in [-0.1, -0.05) is 19.9 Å². The molecule has 0 bridgehead atoms. The van der Waals surface area contributed by atoms with Gasteiger partial charge in [-0.15, -0.1) is 0 Å². The summed E-state index contributed by atoms with van der Waals surface area (Å²) in [5, 5.41) is 0. The Labute approximate surface area is 104 Å². The van der Waals surface area contributed by atoms with Crippen molar-refractivity contribution in [1.82, 2.24) is 0 Å². The highest BCUT2D eigenvalue weighted by atomic mass is 16.5. The Morgan fingerprint density at radius 1 is 1.24 bits per heavy atom. The molecule has 0 fully saturated rings. The molecule has 0 aromatic heterocycles. The van der Waals surface area contributed by atoms with Gasteiger partial charge in [0.1, 0.15) is 17.6 Å². The number of Topliss-reactive ketones (excluding diaryl/α,β-unsaturated/α-hetero) is 1. The van der Waals surface area contributed by atoms with Crippen LogP contribution in [-0.4, -0.2) is 11.9 Å². The summed E-state index contributed by atoms with van der Waals surface area (Å²) in [5.74, 6) is 1.51. The van der Waals surface area contributed by atoms with Crippen LogP contribution in [0, 0.1) is 6.92 Å². The van der Waals surface area contributed by atoms with Crippen molar-refractivity contribution in [2.45, 2.75) is 53.1 Å². The largest absolute Gasteiger partial charge is 0.490 e. The summed E-state index contributed by atoms with van der Waals surface area (Å²) in [6, 6.07) is 6.25. The van der Waals surface area contributed by atoms with Gasteiger partial charge in [-0.05, 0) is 49.9 Å². The lowest BCUT2D eigenvalue weighted by atomic mass is 10.0. The average molecular weight is 234 g/mol. The monoisotopic (exact) mass is 234 g/mol. The minimum atomic E-state index is -0.0608. The molecule has 2 nitrogen and oxygen atoms in total. The van der Waals surface area contributed by atoms with Gasteiger partial charge in [0.05, 0.1) is 0 Å². The second kappa shape index (κ2) is 5.85. The van der Waals surface area contributed by atoms with Gasteiger partial charge in [-0.3, -0.25) is 4.79 Å². The van der Waals surface area contributed by atoms with Gasteiger partial charge in [0, 0.05) is 6.42 Å². The van der Waals surface area contributed by atoms with E-state index in [0.717, 1.165) is 5.75 Å². The number of carbonyl (C=O) groups excluding carboxylic acids is 1. The third-order valence-corrected chi connectivity index (χ3v) is 2.65. The Balaban J connectivity index is 2.80. The summed E-state index contributed by atoms with van der Waals surface area (Å²) in [4.78, 5) is 11.0. The molecule has 94 valence electrons. The third-order valence-electron chi connectivity index (χ3n) is 2.65. The van der Waals surface area contributed by atoms with Crippen molar-refractivity contribution < 1.29 is 9.53 Å². The normalized spacial score (nSPS) is 12.6. The molecule has 17 heavy (non-hydrogen) atoms. The highest BCUT2D eigenvalue weighted by Crippen LogP contribution is 2.23. The van der Waals surface area contributed by atoms with Gasteiger partial charge >= 0.3 is 0 Å². The SMILES string of the molecule is CC(=O)CC(C)Oc1cc(C)cc(C(C)C)c1. The lowest BCUT2D eigenvalue weighted by molar-refractivity contribution is -0.118. The van der Waals surface area contributed by atoms with Crippen molar-refractivity contribution in [3.63, 3.8) is 0 Å². The highest BCUT2D eigenvalue weighted by molar-refractivity contribution is 5.75. The van der Waals surface area contributed by atoms with Crippen molar-refractivity contribution in [1.29, 1.82) is 0 Å². The van der Waals surface area contributed by atoms with Crippen molar-refractivity contribution in [3.8, 4) is 5.75 Å². The minimum absolute atomic E-state index is 0.0608. The fraction of sp³-hybridized carbons (Fsp3) is 0.533. The van der Waals surface area contributed by atoms with Crippen molar-refractivity contribution in [2.24, 2.45) is 0 Å². The molecule has 1 unspecified atom stereocenters. The Morgan fingerprint density at radius 2 is 1.88 bits per heavy atom. The first-order valence-electron chi connectivity index (χ1n) is 6.16. The molecule has 0 amide bonds. The maximum absolute atomic E-state index is 11.0. The Kier molecular flexibility index (Phi) is 4.73. The summed E-state index contributed by atoms with van der Waals surface area (Å²) < 4.78 is 5.78. The molecule has 2 heteroatoms. The van der Waals surface area contributed by atoms with Crippen LogP contribution in [0.15, 0.2) is 18.2 Å². The number of benzene rings is 1. The van der Waals surface area contributed by atoms with Crippen LogP contribution in [-0.2, 0) is 4.79 Å².